The van der Waals surface area contributed by atoms with Crippen LogP contribution in [0.2, 0.25) is 0 Å². The van der Waals surface area contributed by atoms with Gasteiger partial charge in [0, 0.05) is 13.1 Å². The average Bonchev–Trinajstić information content (AvgIpc) is 1.84. The Kier molecular flexibility index (Phi) is 4.33. The summed E-state index contributed by atoms with van der Waals surface area (Å²) in [6.45, 7) is 4.02. The van der Waals surface area contributed by atoms with E-state index >= 15 is 0 Å². The van der Waals surface area contributed by atoms with Crippen LogP contribution in [0.1, 0.15) is 13.8 Å². The number of rotatable bonds is 3. The maximum absolute atomic E-state index is 5.82. The molecule has 0 aliphatic rings. The van der Waals surface area contributed by atoms with Gasteiger partial charge in [-0.05, 0) is 5.92 Å². The summed E-state index contributed by atoms with van der Waals surface area (Å²) in [5.41, 5.74) is 0. The van der Waals surface area contributed by atoms with E-state index in [1.807, 2.05) is 13.8 Å². The molecule has 3 heteroatoms. The maximum Gasteiger partial charge on any atom is 0.111 e. The van der Waals surface area contributed by atoms with Crippen molar-refractivity contribution in [2.45, 2.75) is 25.2 Å². The fraction of sp³-hybridized carbons (Fsp3) is 1.00. The molecule has 0 rings (SSSR count). The van der Waals surface area contributed by atoms with Crippen LogP contribution in [0.4, 0.5) is 0 Å². The molecule has 2 atom stereocenters. The first-order valence-electron chi connectivity index (χ1n) is 3.02. The first kappa shape index (κ1) is 9.31. The molecule has 0 saturated carbocycles. The zero-order valence-electron chi connectivity index (χ0n) is 6.10. The van der Waals surface area contributed by atoms with E-state index in [9.17, 15) is 0 Å². The first-order valence-corrected chi connectivity index (χ1v) is 3.45. The second kappa shape index (κ2) is 4.18. The molecule has 1 nitrogen and oxygen atoms in total. The van der Waals surface area contributed by atoms with Gasteiger partial charge < -0.3 is 4.74 Å². The lowest BCUT2D eigenvalue weighted by Crippen LogP contribution is -2.27. The number of methoxy groups -OCH3 is 1. The summed E-state index contributed by atoms with van der Waals surface area (Å²) in [5, 5.41) is -0.0880. The van der Waals surface area contributed by atoms with Crippen LogP contribution in [0.15, 0.2) is 0 Å². The van der Waals surface area contributed by atoms with Crippen molar-refractivity contribution in [2.75, 3.05) is 7.11 Å². The number of alkyl halides is 1. The zero-order chi connectivity index (χ0) is 7.44. The van der Waals surface area contributed by atoms with Gasteiger partial charge in [-0.1, -0.05) is 13.8 Å². The molecule has 0 spiro atoms. The molecule has 2 radical (unpaired) electrons. The smallest absolute Gasteiger partial charge is 0.111 e. The molecule has 0 N–H and O–H groups in total. The Morgan fingerprint density at radius 1 is 1.44 bits per heavy atom. The lowest BCUT2D eigenvalue weighted by Gasteiger charge is -2.19. The van der Waals surface area contributed by atoms with Crippen LogP contribution in [-0.2, 0) is 4.74 Å². The highest BCUT2D eigenvalue weighted by atomic mass is 35.5. The normalized spacial score (nSPS) is 17.9. The van der Waals surface area contributed by atoms with Gasteiger partial charge in [-0.15, -0.1) is 11.6 Å². The second-order valence-corrected chi connectivity index (χ2v) is 2.89. The summed E-state index contributed by atoms with van der Waals surface area (Å²) < 4.78 is 4.82. The highest BCUT2D eigenvalue weighted by Crippen LogP contribution is 2.13. The van der Waals surface area contributed by atoms with Crippen LogP contribution in [0.3, 0.4) is 0 Å². The SMILES string of the molecule is [B]C(OC)C(Cl)C(C)C. The minimum absolute atomic E-state index is 0.0880. The third-order valence-corrected chi connectivity index (χ3v) is 1.98. The van der Waals surface area contributed by atoms with Crippen molar-refractivity contribution < 1.29 is 4.74 Å². The van der Waals surface area contributed by atoms with Gasteiger partial charge in [-0.2, -0.15) is 0 Å². The monoisotopic (exact) mass is 146 g/mol. The van der Waals surface area contributed by atoms with Crippen molar-refractivity contribution in [3.8, 4) is 0 Å². The van der Waals surface area contributed by atoms with E-state index in [0.29, 0.717) is 5.92 Å². The standard InChI is InChI=1S/C6H12BClO/c1-4(2)5(8)6(7)9-3/h4-6H,1-3H3. The van der Waals surface area contributed by atoms with Gasteiger partial charge in [-0.25, -0.2) is 0 Å². The van der Waals surface area contributed by atoms with Crippen LogP contribution >= 0.6 is 11.6 Å². The first-order chi connectivity index (χ1) is 4.09. The predicted octanol–water partition coefficient (Wildman–Crippen LogP) is 1.39. The number of hydrogen-bond acceptors (Lipinski definition) is 1. The maximum atomic E-state index is 5.82. The Morgan fingerprint density at radius 3 is 2.00 bits per heavy atom. The lowest BCUT2D eigenvalue weighted by atomic mass is 9.90. The Balaban J connectivity index is 3.58. The Bertz CT molecular complexity index is 77.5. The molecule has 0 aliphatic carbocycles. The van der Waals surface area contributed by atoms with Crippen LogP contribution in [-0.4, -0.2) is 26.3 Å². The van der Waals surface area contributed by atoms with E-state index in [2.05, 4.69) is 0 Å². The van der Waals surface area contributed by atoms with Gasteiger partial charge in [0.05, 0.1) is 5.38 Å². The minimum atomic E-state index is -0.341. The third-order valence-electron chi connectivity index (χ3n) is 1.22. The molecule has 0 heterocycles. The zero-order valence-corrected chi connectivity index (χ0v) is 6.85. The fourth-order valence-electron chi connectivity index (χ4n) is 0.509. The minimum Gasteiger partial charge on any atom is -0.390 e. The molecule has 0 bridgehead atoms. The van der Waals surface area contributed by atoms with Crippen LogP contribution < -0.4 is 0 Å². The van der Waals surface area contributed by atoms with Gasteiger partial charge >= 0.3 is 0 Å². The molecule has 0 saturated heterocycles. The van der Waals surface area contributed by atoms with Gasteiger partial charge in [0.15, 0.2) is 0 Å². The van der Waals surface area contributed by atoms with Crippen molar-refractivity contribution in [2.24, 2.45) is 5.92 Å². The van der Waals surface area contributed by atoms with Crippen molar-refractivity contribution in [3.63, 3.8) is 0 Å². The topological polar surface area (TPSA) is 9.23 Å². The molecule has 0 aromatic heterocycles. The fourth-order valence-corrected chi connectivity index (χ4v) is 0.612. The van der Waals surface area contributed by atoms with Gasteiger partial charge in [-0.3, -0.25) is 0 Å². The molecule has 0 amide bonds. The molecule has 0 aromatic carbocycles. The van der Waals surface area contributed by atoms with E-state index in [-0.39, 0.29) is 11.4 Å². The quantitative estimate of drug-likeness (QED) is 0.432. The number of halogens is 1. The Labute approximate surface area is 63.1 Å². The van der Waals surface area contributed by atoms with Crippen molar-refractivity contribution in [1.82, 2.24) is 0 Å². The van der Waals surface area contributed by atoms with E-state index in [1.165, 1.54) is 0 Å². The van der Waals surface area contributed by atoms with Gasteiger partial charge in [0.25, 0.3) is 0 Å². The highest BCUT2D eigenvalue weighted by Gasteiger charge is 2.16. The van der Waals surface area contributed by atoms with Crippen LogP contribution in [0.25, 0.3) is 0 Å². The highest BCUT2D eigenvalue weighted by molar-refractivity contribution is 6.26. The molecule has 52 valence electrons. The van der Waals surface area contributed by atoms with Crippen molar-refractivity contribution in [1.29, 1.82) is 0 Å². The molecular weight excluding hydrogens is 134 g/mol. The molecule has 0 fully saturated rings. The number of hydrogen-bond donors (Lipinski definition) is 0. The van der Waals surface area contributed by atoms with Gasteiger partial charge in [0.1, 0.15) is 7.85 Å². The Hall–Kier alpha value is 0.315. The third kappa shape index (κ3) is 3.12. The predicted molar refractivity (Wildman–Crippen MR) is 41.0 cm³/mol. The summed E-state index contributed by atoms with van der Waals surface area (Å²) >= 11 is 5.82. The summed E-state index contributed by atoms with van der Waals surface area (Å²) in [6.07, 6.45) is 0. The lowest BCUT2D eigenvalue weighted by molar-refractivity contribution is 0.151. The van der Waals surface area contributed by atoms with Crippen molar-refractivity contribution >= 4 is 19.4 Å². The summed E-state index contributed by atoms with van der Waals surface area (Å²) in [6, 6.07) is -0.341. The molecular formula is C6H12BClO. The number of ether oxygens (including phenoxy) is 1. The van der Waals surface area contributed by atoms with Crippen molar-refractivity contribution in [3.05, 3.63) is 0 Å². The largest absolute Gasteiger partial charge is 0.390 e. The second-order valence-electron chi connectivity index (χ2n) is 2.39. The van der Waals surface area contributed by atoms with E-state index in [4.69, 9.17) is 24.2 Å². The molecule has 0 aliphatic heterocycles. The summed E-state index contributed by atoms with van der Waals surface area (Å²) in [4.78, 5) is 0. The van der Waals surface area contributed by atoms with E-state index < -0.39 is 0 Å². The van der Waals surface area contributed by atoms with E-state index in [1.54, 1.807) is 7.11 Å². The Morgan fingerprint density at radius 2 is 1.89 bits per heavy atom. The van der Waals surface area contributed by atoms with Crippen LogP contribution in [0.5, 0.6) is 0 Å². The van der Waals surface area contributed by atoms with Gasteiger partial charge in [0.2, 0.25) is 0 Å². The molecule has 2 unspecified atom stereocenters. The van der Waals surface area contributed by atoms with E-state index in [0.717, 1.165) is 0 Å². The summed E-state index contributed by atoms with van der Waals surface area (Å²) in [5.74, 6) is 0.363. The van der Waals surface area contributed by atoms with Crippen LogP contribution in [0, 0.1) is 5.92 Å². The molecule has 0 aromatic rings. The molecule has 9 heavy (non-hydrogen) atoms. The summed E-state index contributed by atoms with van der Waals surface area (Å²) in [7, 11) is 7.02. The average molecular weight is 146 g/mol.